The van der Waals surface area contributed by atoms with E-state index in [0.29, 0.717) is 0 Å². The van der Waals surface area contributed by atoms with E-state index in [9.17, 15) is 13.8 Å². The van der Waals surface area contributed by atoms with Gasteiger partial charge in [-0.05, 0) is 6.92 Å². The van der Waals surface area contributed by atoms with Crippen LogP contribution in [-0.4, -0.2) is 28.3 Å². The smallest absolute Gasteiger partial charge is 0.371 e. The van der Waals surface area contributed by atoms with E-state index in [1.807, 2.05) is 0 Å². The molecule has 0 aliphatic heterocycles. The van der Waals surface area contributed by atoms with Crippen LogP contribution >= 0.6 is 7.60 Å². The number of ether oxygens (including phenoxy) is 1. The van der Waals surface area contributed by atoms with Crippen LogP contribution in [0, 0.1) is 0 Å². The molecule has 0 amide bonds. The molecule has 0 saturated carbocycles. The highest BCUT2D eigenvalue weighted by Crippen LogP contribution is 2.42. The van der Waals surface area contributed by atoms with Crippen molar-refractivity contribution in [2.45, 2.75) is 12.8 Å². The highest BCUT2D eigenvalue weighted by molar-refractivity contribution is 7.53. The third-order valence-electron chi connectivity index (χ3n) is 0.776. The van der Waals surface area contributed by atoms with Crippen molar-refractivity contribution in [2.24, 2.45) is 0 Å². The van der Waals surface area contributed by atoms with Crippen molar-refractivity contribution in [1.29, 1.82) is 0 Å². The van der Waals surface area contributed by atoms with Gasteiger partial charge in [-0.15, -0.1) is 0 Å². The maximum Gasteiger partial charge on any atom is 0.371 e. The Morgan fingerprint density at radius 3 is 2.45 bits per heavy atom. The Morgan fingerprint density at radius 2 is 2.18 bits per heavy atom. The molecule has 0 saturated heterocycles. The van der Waals surface area contributed by atoms with Crippen molar-refractivity contribution >= 4 is 13.6 Å². The summed E-state index contributed by atoms with van der Waals surface area (Å²) in [5.41, 5.74) is 0. The predicted octanol–water partition coefficient (Wildman–Crippen LogP) is 0.0228. The Kier molecular flexibility index (Phi) is 3.65. The second-order valence-electron chi connectivity index (χ2n) is 1.68. The molecule has 1 atom stereocenters. The first-order valence-corrected chi connectivity index (χ1v) is 4.43. The minimum Gasteiger partial charge on any atom is -0.463 e. The summed E-state index contributed by atoms with van der Waals surface area (Å²) < 4.78 is 26.3. The Hall–Kier alpha value is -0.450. The quantitative estimate of drug-likeness (QED) is 0.479. The van der Waals surface area contributed by atoms with E-state index in [0.717, 1.165) is 0 Å². The van der Waals surface area contributed by atoms with Gasteiger partial charge in [0.25, 0.3) is 5.91 Å². The van der Waals surface area contributed by atoms with E-state index in [2.05, 4.69) is 4.74 Å². The van der Waals surface area contributed by atoms with Crippen molar-refractivity contribution in [3.05, 3.63) is 0 Å². The molecular formula is C4H8FO5P. The maximum absolute atomic E-state index is 12.3. The zero-order valence-electron chi connectivity index (χ0n) is 5.73. The van der Waals surface area contributed by atoms with Crippen LogP contribution in [-0.2, 0) is 14.1 Å². The lowest BCUT2D eigenvalue weighted by atomic mass is 10.7. The molecule has 0 aromatic rings. The summed E-state index contributed by atoms with van der Waals surface area (Å²) in [5, 5.41) is 0. The molecule has 11 heavy (non-hydrogen) atoms. The summed E-state index contributed by atoms with van der Waals surface area (Å²) in [5.74, 6) is -4.39. The molecule has 2 N–H and O–H groups in total. The zero-order chi connectivity index (χ0) is 9.07. The normalized spacial score (nSPS) is 14.2. The van der Waals surface area contributed by atoms with Crippen LogP contribution in [0.25, 0.3) is 0 Å². The van der Waals surface area contributed by atoms with Crippen molar-refractivity contribution in [3.63, 3.8) is 0 Å². The fraction of sp³-hybridized carbons (Fsp3) is 0.750. The van der Waals surface area contributed by atoms with Crippen LogP contribution in [0.3, 0.4) is 0 Å². The zero-order valence-corrected chi connectivity index (χ0v) is 6.62. The van der Waals surface area contributed by atoms with Gasteiger partial charge in [0, 0.05) is 0 Å². The van der Waals surface area contributed by atoms with E-state index >= 15 is 0 Å². The number of halogens is 1. The lowest BCUT2D eigenvalue weighted by Crippen LogP contribution is -2.18. The van der Waals surface area contributed by atoms with Gasteiger partial charge >= 0.3 is 13.6 Å². The second-order valence-corrected chi connectivity index (χ2v) is 3.31. The summed E-state index contributed by atoms with van der Waals surface area (Å²) in [7, 11) is -4.98. The van der Waals surface area contributed by atoms with Gasteiger partial charge in [-0.1, -0.05) is 0 Å². The molecule has 0 fully saturated rings. The summed E-state index contributed by atoms with van der Waals surface area (Å²) in [6, 6.07) is 0. The number of alkyl halides is 1. The molecule has 7 heteroatoms. The standard InChI is InChI=1S/C4H8FO5P/c1-2-10-4(6)3(5)11(7,8)9/h3H,2H2,1H3,(H2,7,8,9). The Balaban J connectivity index is 4.14. The Labute approximate surface area is 62.3 Å². The van der Waals surface area contributed by atoms with Gasteiger partial charge in [0.2, 0.25) is 0 Å². The molecule has 0 radical (unpaired) electrons. The number of carbonyl (C=O) groups is 1. The molecule has 0 aliphatic carbocycles. The van der Waals surface area contributed by atoms with Crippen molar-refractivity contribution in [2.75, 3.05) is 6.61 Å². The molecule has 66 valence electrons. The topological polar surface area (TPSA) is 83.8 Å². The van der Waals surface area contributed by atoms with E-state index < -0.39 is 19.5 Å². The molecular weight excluding hydrogens is 178 g/mol. The molecule has 0 bridgehead atoms. The summed E-state index contributed by atoms with van der Waals surface area (Å²) >= 11 is 0. The predicted molar refractivity (Wildman–Crippen MR) is 33.6 cm³/mol. The van der Waals surface area contributed by atoms with Gasteiger partial charge in [0.1, 0.15) is 0 Å². The van der Waals surface area contributed by atoms with Gasteiger partial charge in [-0.3, -0.25) is 4.57 Å². The Bertz CT molecular complexity index is 187. The van der Waals surface area contributed by atoms with Crippen LogP contribution in [0.5, 0.6) is 0 Å². The highest BCUT2D eigenvalue weighted by atomic mass is 31.2. The highest BCUT2D eigenvalue weighted by Gasteiger charge is 2.36. The molecule has 0 aromatic carbocycles. The van der Waals surface area contributed by atoms with Crippen molar-refractivity contribution < 1.29 is 28.3 Å². The van der Waals surface area contributed by atoms with Crippen molar-refractivity contribution in [3.8, 4) is 0 Å². The van der Waals surface area contributed by atoms with E-state index in [-0.39, 0.29) is 6.61 Å². The lowest BCUT2D eigenvalue weighted by molar-refractivity contribution is -0.146. The second kappa shape index (κ2) is 3.80. The third kappa shape index (κ3) is 3.46. The number of hydrogen-bond donors (Lipinski definition) is 2. The SMILES string of the molecule is CCOC(=O)C(F)P(=O)(O)O. The first kappa shape index (κ1) is 10.6. The van der Waals surface area contributed by atoms with Crippen LogP contribution < -0.4 is 0 Å². The minimum absolute atomic E-state index is 0.112. The summed E-state index contributed by atoms with van der Waals surface area (Å²) in [6.45, 7) is 1.30. The van der Waals surface area contributed by atoms with Gasteiger partial charge in [0.15, 0.2) is 0 Å². The van der Waals surface area contributed by atoms with Crippen LogP contribution in [0.4, 0.5) is 4.39 Å². The first-order chi connectivity index (χ1) is 4.89. The van der Waals surface area contributed by atoms with Crippen LogP contribution in [0.2, 0.25) is 0 Å². The van der Waals surface area contributed by atoms with Gasteiger partial charge in [0.05, 0.1) is 6.61 Å². The van der Waals surface area contributed by atoms with E-state index in [4.69, 9.17) is 9.79 Å². The fourth-order valence-electron chi connectivity index (χ4n) is 0.348. The molecule has 5 nitrogen and oxygen atoms in total. The number of carbonyl (C=O) groups excluding carboxylic acids is 1. The van der Waals surface area contributed by atoms with Gasteiger partial charge < -0.3 is 14.5 Å². The summed E-state index contributed by atoms with van der Waals surface area (Å²) in [4.78, 5) is 26.5. The average Bonchev–Trinajstić information content (AvgIpc) is 1.85. The van der Waals surface area contributed by atoms with E-state index in [1.54, 1.807) is 0 Å². The Morgan fingerprint density at radius 1 is 1.73 bits per heavy atom. The van der Waals surface area contributed by atoms with Crippen molar-refractivity contribution in [1.82, 2.24) is 0 Å². The first-order valence-electron chi connectivity index (χ1n) is 2.75. The molecule has 0 spiro atoms. The molecule has 0 rings (SSSR count). The average molecular weight is 186 g/mol. The third-order valence-corrected chi connectivity index (χ3v) is 1.58. The van der Waals surface area contributed by atoms with Crippen LogP contribution in [0.1, 0.15) is 6.92 Å². The summed E-state index contributed by atoms with van der Waals surface area (Å²) in [6.07, 6.45) is 0. The van der Waals surface area contributed by atoms with Gasteiger partial charge in [-0.25, -0.2) is 9.18 Å². The minimum atomic E-state index is -4.98. The van der Waals surface area contributed by atoms with Crippen LogP contribution in [0.15, 0.2) is 0 Å². The number of rotatable bonds is 3. The lowest BCUT2D eigenvalue weighted by Gasteiger charge is -2.07. The van der Waals surface area contributed by atoms with E-state index in [1.165, 1.54) is 6.92 Å². The maximum atomic E-state index is 12.3. The number of hydrogen-bond acceptors (Lipinski definition) is 3. The monoisotopic (exact) mass is 186 g/mol. The molecule has 0 aliphatic rings. The fourth-order valence-corrected chi connectivity index (χ4v) is 0.698. The molecule has 0 heterocycles. The largest absolute Gasteiger partial charge is 0.463 e. The molecule has 0 aromatic heterocycles. The molecule has 1 unspecified atom stereocenters. The van der Waals surface area contributed by atoms with Gasteiger partial charge in [-0.2, -0.15) is 0 Å². The number of esters is 1.